The molecule has 1 aliphatic heterocycles. The molecule has 1 aromatic carbocycles. The van der Waals surface area contributed by atoms with Crippen LogP contribution in [0.5, 0.6) is 0 Å². The predicted octanol–water partition coefficient (Wildman–Crippen LogP) is 2.02. The Balaban J connectivity index is 1.76. The molecule has 21 heavy (non-hydrogen) atoms. The number of hydrogen-bond donors (Lipinski definition) is 2. The zero-order valence-electron chi connectivity index (χ0n) is 11.3. The number of benzene rings is 1. The third-order valence-corrected chi connectivity index (χ3v) is 3.68. The number of ether oxygens (including phenoxy) is 1. The minimum absolute atomic E-state index is 0.0790. The molecule has 5 nitrogen and oxygen atoms in total. The standard InChI is InChI=1S/C14H16Cl2N2O3/c15-9-3-4-11(12(16)6-9)14(20)18-8-13(19)17-7-10-2-1-5-21-10/h3-4,6,10H,1-2,5,7-8H2,(H,17,19)(H,18,20)/t10-/m1/s1. The summed E-state index contributed by atoms with van der Waals surface area (Å²) >= 11 is 11.7. The molecule has 0 aliphatic carbocycles. The lowest BCUT2D eigenvalue weighted by molar-refractivity contribution is -0.120. The van der Waals surface area contributed by atoms with Gasteiger partial charge in [0.15, 0.2) is 0 Å². The molecule has 2 N–H and O–H groups in total. The highest BCUT2D eigenvalue weighted by Crippen LogP contribution is 2.20. The first-order chi connectivity index (χ1) is 10.1. The van der Waals surface area contributed by atoms with E-state index in [1.54, 1.807) is 6.07 Å². The molecule has 0 radical (unpaired) electrons. The Morgan fingerprint density at radius 3 is 2.76 bits per heavy atom. The Kier molecular flexibility index (Phi) is 5.85. The highest BCUT2D eigenvalue weighted by atomic mass is 35.5. The van der Waals surface area contributed by atoms with Crippen molar-refractivity contribution in [1.29, 1.82) is 0 Å². The second kappa shape index (κ2) is 7.64. The summed E-state index contributed by atoms with van der Waals surface area (Å²) < 4.78 is 5.39. The highest BCUT2D eigenvalue weighted by Gasteiger charge is 2.17. The SMILES string of the molecule is O=C(CNC(=O)c1ccc(Cl)cc1Cl)NC[C@H]1CCCO1. The van der Waals surface area contributed by atoms with E-state index in [4.69, 9.17) is 27.9 Å². The van der Waals surface area contributed by atoms with Crippen molar-refractivity contribution in [2.45, 2.75) is 18.9 Å². The fourth-order valence-electron chi connectivity index (χ4n) is 2.02. The van der Waals surface area contributed by atoms with E-state index in [9.17, 15) is 9.59 Å². The molecule has 1 fully saturated rings. The van der Waals surface area contributed by atoms with Gasteiger partial charge in [-0.15, -0.1) is 0 Å². The van der Waals surface area contributed by atoms with Crippen molar-refractivity contribution < 1.29 is 14.3 Å². The Bertz CT molecular complexity index is 531. The topological polar surface area (TPSA) is 67.4 Å². The first-order valence-electron chi connectivity index (χ1n) is 6.68. The van der Waals surface area contributed by atoms with Crippen LogP contribution in [-0.4, -0.2) is 37.6 Å². The lowest BCUT2D eigenvalue weighted by Gasteiger charge is -2.11. The summed E-state index contributed by atoms with van der Waals surface area (Å²) in [6.07, 6.45) is 2.05. The summed E-state index contributed by atoms with van der Waals surface area (Å²) in [6, 6.07) is 4.57. The van der Waals surface area contributed by atoms with Gasteiger partial charge in [0, 0.05) is 18.2 Å². The Morgan fingerprint density at radius 1 is 1.29 bits per heavy atom. The predicted molar refractivity (Wildman–Crippen MR) is 80.8 cm³/mol. The van der Waals surface area contributed by atoms with Crippen molar-refractivity contribution in [3.8, 4) is 0 Å². The molecule has 0 bridgehead atoms. The van der Waals surface area contributed by atoms with Gasteiger partial charge in [-0.3, -0.25) is 9.59 Å². The van der Waals surface area contributed by atoms with Gasteiger partial charge in [0.1, 0.15) is 0 Å². The molecule has 2 amide bonds. The number of carbonyl (C=O) groups is 2. The van der Waals surface area contributed by atoms with Gasteiger partial charge in [-0.2, -0.15) is 0 Å². The molecule has 114 valence electrons. The molecular formula is C14H16Cl2N2O3. The van der Waals surface area contributed by atoms with Crippen molar-refractivity contribution >= 4 is 35.0 Å². The fourth-order valence-corrected chi connectivity index (χ4v) is 2.52. The Labute approximate surface area is 132 Å². The van der Waals surface area contributed by atoms with Crippen molar-refractivity contribution in [3.05, 3.63) is 33.8 Å². The van der Waals surface area contributed by atoms with Crippen LogP contribution in [0.4, 0.5) is 0 Å². The van der Waals surface area contributed by atoms with E-state index in [-0.39, 0.29) is 29.1 Å². The molecule has 0 saturated carbocycles. The summed E-state index contributed by atoms with van der Waals surface area (Å²) in [5.74, 6) is -0.673. The largest absolute Gasteiger partial charge is 0.376 e. The lowest BCUT2D eigenvalue weighted by atomic mass is 10.2. The second-order valence-electron chi connectivity index (χ2n) is 4.75. The van der Waals surface area contributed by atoms with E-state index in [1.807, 2.05) is 0 Å². The first-order valence-corrected chi connectivity index (χ1v) is 7.43. The summed E-state index contributed by atoms with van der Waals surface area (Å²) in [5, 5.41) is 5.94. The molecular weight excluding hydrogens is 315 g/mol. The molecule has 1 atom stereocenters. The quantitative estimate of drug-likeness (QED) is 0.867. The third kappa shape index (κ3) is 4.88. The molecule has 1 heterocycles. The summed E-state index contributed by atoms with van der Waals surface area (Å²) in [7, 11) is 0. The number of carbonyl (C=O) groups excluding carboxylic acids is 2. The van der Waals surface area contributed by atoms with E-state index in [0.29, 0.717) is 11.6 Å². The maximum absolute atomic E-state index is 11.9. The van der Waals surface area contributed by atoms with Crippen LogP contribution >= 0.6 is 23.2 Å². The van der Waals surface area contributed by atoms with Crippen LogP contribution in [0.3, 0.4) is 0 Å². The van der Waals surface area contributed by atoms with Gasteiger partial charge in [-0.1, -0.05) is 23.2 Å². The summed E-state index contributed by atoms with van der Waals surface area (Å²) in [5.41, 5.74) is 0.285. The van der Waals surface area contributed by atoms with Crippen LogP contribution < -0.4 is 10.6 Å². The van der Waals surface area contributed by atoms with Gasteiger partial charge >= 0.3 is 0 Å². The average molecular weight is 331 g/mol. The van der Waals surface area contributed by atoms with Crippen LogP contribution in [0.1, 0.15) is 23.2 Å². The van der Waals surface area contributed by atoms with Crippen molar-refractivity contribution in [2.24, 2.45) is 0 Å². The lowest BCUT2D eigenvalue weighted by Crippen LogP contribution is -2.40. The Hall–Kier alpha value is -1.30. The van der Waals surface area contributed by atoms with Gasteiger partial charge in [0.2, 0.25) is 5.91 Å². The maximum atomic E-state index is 11.9. The van der Waals surface area contributed by atoms with E-state index >= 15 is 0 Å². The van der Waals surface area contributed by atoms with Gasteiger partial charge < -0.3 is 15.4 Å². The molecule has 1 aromatic rings. The van der Waals surface area contributed by atoms with Gasteiger partial charge in [-0.05, 0) is 31.0 Å². The van der Waals surface area contributed by atoms with Crippen LogP contribution in [-0.2, 0) is 9.53 Å². The normalized spacial score (nSPS) is 17.5. The molecule has 1 saturated heterocycles. The highest BCUT2D eigenvalue weighted by molar-refractivity contribution is 6.36. The Morgan fingerprint density at radius 2 is 2.10 bits per heavy atom. The number of nitrogens with one attached hydrogen (secondary N) is 2. The van der Waals surface area contributed by atoms with Gasteiger partial charge in [-0.25, -0.2) is 0 Å². The summed E-state index contributed by atoms with van der Waals surface area (Å²) in [4.78, 5) is 23.5. The number of rotatable bonds is 5. The third-order valence-electron chi connectivity index (χ3n) is 3.14. The van der Waals surface area contributed by atoms with Crippen molar-refractivity contribution in [2.75, 3.05) is 19.7 Å². The average Bonchev–Trinajstić information content (AvgIpc) is 2.95. The molecule has 0 aromatic heterocycles. The number of hydrogen-bond acceptors (Lipinski definition) is 3. The van der Waals surface area contributed by atoms with Crippen LogP contribution in [0, 0.1) is 0 Å². The van der Waals surface area contributed by atoms with Gasteiger partial charge in [0.25, 0.3) is 5.91 Å². The van der Waals surface area contributed by atoms with Gasteiger partial charge in [0.05, 0.1) is 23.2 Å². The fraction of sp³-hybridized carbons (Fsp3) is 0.429. The molecule has 1 aliphatic rings. The molecule has 2 rings (SSSR count). The minimum atomic E-state index is -0.413. The van der Waals surface area contributed by atoms with Crippen LogP contribution in [0.2, 0.25) is 10.0 Å². The van der Waals surface area contributed by atoms with E-state index < -0.39 is 5.91 Å². The van der Waals surface area contributed by atoms with Crippen molar-refractivity contribution in [1.82, 2.24) is 10.6 Å². The minimum Gasteiger partial charge on any atom is -0.376 e. The zero-order valence-corrected chi connectivity index (χ0v) is 12.8. The van der Waals surface area contributed by atoms with Crippen molar-refractivity contribution in [3.63, 3.8) is 0 Å². The number of halogens is 2. The van der Waals surface area contributed by atoms with E-state index in [2.05, 4.69) is 10.6 Å². The molecule has 0 spiro atoms. The number of amides is 2. The first kappa shape index (κ1) is 16.1. The zero-order chi connectivity index (χ0) is 15.2. The van der Waals surface area contributed by atoms with Crippen LogP contribution in [0.15, 0.2) is 18.2 Å². The smallest absolute Gasteiger partial charge is 0.253 e. The summed E-state index contributed by atoms with van der Waals surface area (Å²) in [6.45, 7) is 1.10. The van der Waals surface area contributed by atoms with E-state index in [1.165, 1.54) is 12.1 Å². The maximum Gasteiger partial charge on any atom is 0.253 e. The monoisotopic (exact) mass is 330 g/mol. The second-order valence-corrected chi connectivity index (χ2v) is 5.59. The van der Waals surface area contributed by atoms with E-state index in [0.717, 1.165) is 19.4 Å². The molecule has 0 unspecified atom stereocenters. The van der Waals surface area contributed by atoms with Crippen LogP contribution in [0.25, 0.3) is 0 Å². The molecule has 7 heteroatoms.